The Kier molecular flexibility index (Phi) is 4.36. The van der Waals surface area contributed by atoms with Crippen molar-refractivity contribution in [3.8, 4) is 11.5 Å². The molecule has 1 heterocycles. The summed E-state index contributed by atoms with van der Waals surface area (Å²) in [4.78, 5) is 0. The number of phenols is 1. The molecule has 4 heteroatoms. The summed E-state index contributed by atoms with van der Waals surface area (Å²) >= 11 is 6.18. The maximum absolute atomic E-state index is 10.2. The summed E-state index contributed by atoms with van der Waals surface area (Å²) < 4.78 is 5.16. The second-order valence-corrected chi connectivity index (χ2v) is 5.27. The van der Waals surface area contributed by atoms with Crippen LogP contribution in [-0.4, -0.2) is 24.8 Å². The van der Waals surface area contributed by atoms with Crippen LogP contribution in [0.2, 0.25) is 5.02 Å². The van der Waals surface area contributed by atoms with Crippen LogP contribution in [0.5, 0.6) is 11.5 Å². The fourth-order valence-corrected chi connectivity index (χ4v) is 2.73. The minimum Gasteiger partial charge on any atom is -0.504 e. The normalized spacial score (nSPS) is 19.8. The van der Waals surface area contributed by atoms with E-state index in [-0.39, 0.29) is 5.75 Å². The molecule has 0 saturated carbocycles. The molecule has 0 amide bonds. The van der Waals surface area contributed by atoms with Gasteiger partial charge in [0.15, 0.2) is 11.5 Å². The number of phenolic OH excluding ortho intramolecular Hbond substituents is 1. The van der Waals surface area contributed by atoms with Crippen molar-refractivity contribution in [2.45, 2.75) is 38.6 Å². The molecular weight excluding hydrogens is 250 g/mol. The molecule has 100 valence electrons. The lowest BCUT2D eigenvalue weighted by atomic mass is 9.94. The fourth-order valence-electron chi connectivity index (χ4n) is 2.51. The molecular formula is C14H20ClNO2. The molecule has 1 aromatic rings. The van der Waals surface area contributed by atoms with Crippen molar-refractivity contribution in [3.05, 3.63) is 22.2 Å². The van der Waals surface area contributed by atoms with Crippen molar-refractivity contribution in [2.24, 2.45) is 0 Å². The summed E-state index contributed by atoms with van der Waals surface area (Å²) in [6.07, 6.45) is 4.43. The molecule has 1 atom stereocenters. The highest BCUT2D eigenvalue weighted by Gasteiger charge is 2.20. The Hall–Kier alpha value is -0.930. The lowest BCUT2D eigenvalue weighted by Gasteiger charge is -2.25. The first-order valence-corrected chi connectivity index (χ1v) is 6.79. The molecule has 0 aliphatic carbocycles. The van der Waals surface area contributed by atoms with E-state index in [0.29, 0.717) is 16.8 Å². The minimum absolute atomic E-state index is 0.228. The molecule has 3 nitrogen and oxygen atoms in total. The Morgan fingerprint density at radius 2 is 2.28 bits per heavy atom. The van der Waals surface area contributed by atoms with Crippen molar-refractivity contribution >= 4 is 11.6 Å². The molecule has 0 aromatic heterocycles. The highest BCUT2D eigenvalue weighted by molar-refractivity contribution is 6.31. The van der Waals surface area contributed by atoms with E-state index in [1.165, 1.54) is 12.8 Å². The van der Waals surface area contributed by atoms with Crippen LogP contribution in [0.25, 0.3) is 0 Å². The quantitative estimate of drug-likeness (QED) is 0.886. The first-order valence-electron chi connectivity index (χ1n) is 6.41. The van der Waals surface area contributed by atoms with Crippen molar-refractivity contribution in [1.29, 1.82) is 0 Å². The van der Waals surface area contributed by atoms with Gasteiger partial charge in [0, 0.05) is 22.7 Å². The average Bonchev–Trinajstić information content (AvgIpc) is 2.40. The van der Waals surface area contributed by atoms with Gasteiger partial charge in [-0.15, -0.1) is 0 Å². The number of hydrogen-bond acceptors (Lipinski definition) is 3. The van der Waals surface area contributed by atoms with Gasteiger partial charge >= 0.3 is 0 Å². The second-order valence-electron chi connectivity index (χ2n) is 4.86. The summed E-state index contributed by atoms with van der Waals surface area (Å²) in [6.45, 7) is 3.00. The highest BCUT2D eigenvalue weighted by atomic mass is 35.5. The number of piperidine rings is 1. The Balaban J connectivity index is 2.27. The summed E-state index contributed by atoms with van der Waals surface area (Å²) in [7, 11) is 1.54. The van der Waals surface area contributed by atoms with Gasteiger partial charge in [0.25, 0.3) is 0 Å². The van der Waals surface area contributed by atoms with Crippen LogP contribution < -0.4 is 10.1 Å². The van der Waals surface area contributed by atoms with Crippen LogP contribution in [0.1, 0.15) is 30.4 Å². The topological polar surface area (TPSA) is 41.5 Å². The zero-order valence-electron chi connectivity index (χ0n) is 10.9. The molecule has 1 aliphatic heterocycles. The Morgan fingerprint density at radius 3 is 2.89 bits per heavy atom. The van der Waals surface area contributed by atoms with Crippen molar-refractivity contribution in [3.63, 3.8) is 0 Å². The third-order valence-electron chi connectivity index (χ3n) is 3.67. The number of benzene rings is 1. The highest BCUT2D eigenvalue weighted by Crippen LogP contribution is 2.37. The predicted octanol–water partition coefficient (Wildman–Crippen LogP) is 3.05. The second kappa shape index (κ2) is 5.81. The van der Waals surface area contributed by atoms with Gasteiger partial charge in [-0.2, -0.15) is 0 Å². The van der Waals surface area contributed by atoms with Crippen LogP contribution >= 0.6 is 11.6 Å². The van der Waals surface area contributed by atoms with Gasteiger partial charge < -0.3 is 15.2 Å². The van der Waals surface area contributed by atoms with Crippen molar-refractivity contribution in [2.75, 3.05) is 13.7 Å². The molecule has 0 spiro atoms. The number of hydrogen-bond donors (Lipinski definition) is 2. The van der Waals surface area contributed by atoms with Gasteiger partial charge in [-0.05, 0) is 38.3 Å². The lowest BCUT2D eigenvalue weighted by Crippen LogP contribution is -2.35. The molecule has 1 fully saturated rings. The van der Waals surface area contributed by atoms with Gasteiger partial charge in [-0.25, -0.2) is 0 Å². The van der Waals surface area contributed by atoms with E-state index in [4.69, 9.17) is 16.3 Å². The number of nitrogens with one attached hydrogen (secondary N) is 1. The molecule has 1 aromatic carbocycles. The third-order valence-corrected chi connectivity index (χ3v) is 4.06. The van der Waals surface area contributed by atoms with Gasteiger partial charge in [-0.1, -0.05) is 18.0 Å². The van der Waals surface area contributed by atoms with Gasteiger partial charge in [0.05, 0.1) is 7.11 Å². The van der Waals surface area contributed by atoms with Crippen molar-refractivity contribution in [1.82, 2.24) is 5.32 Å². The number of ether oxygens (including phenoxy) is 1. The summed E-state index contributed by atoms with van der Waals surface area (Å²) in [5.41, 5.74) is 1.85. The Morgan fingerprint density at radius 1 is 1.50 bits per heavy atom. The number of halogens is 1. The molecule has 0 bridgehead atoms. The van der Waals surface area contributed by atoms with Crippen molar-refractivity contribution < 1.29 is 9.84 Å². The van der Waals surface area contributed by atoms with E-state index in [2.05, 4.69) is 5.32 Å². The smallest absolute Gasteiger partial charge is 0.162 e. The Bertz CT molecular complexity index is 428. The average molecular weight is 270 g/mol. The van der Waals surface area contributed by atoms with Gasteiger partial charge in [0.1, 0.15) is 0 Å². The molecule has 2 N–H and O–H groups in total. The number of rotatable bonds is 3. The lowest BCUT2D eigenvalue weighted by molar-refractivity contribution is 0.362. The van der Waals surface area contributed by atoms with E-state index in [1.54, 1.807) is 13.2 Å². The third kappa shape index (κ3) is 2.73. The van der Waals surface area contributed by atoms with Crippen LogP contribution in [0.3, 0.4) is 0 Å². The molecule has 18 heavy (non-hydrogen) atoms. The molecule has 1 unspecified atom stereocenters. The molecule has 1 aliphatic rings. The summed E-state index contributed by atoms with van der Waals surface area (Å²) in [6, 6.07) is 2.09. The van der Waals surface area contributed by atoms with Gasteiger partial charge in [-0.3, -0.25) is 0 Å². The largest absolute Gasteiger partial charge is 0.504 e. The van der Waals surface area contributed by atoms with Crippen LogP contribution in [0.15, 0.2) is 6.07 Å². The van der Waals surface area contributed by atoms with E-state index in [1.807, 2.05) is 6.92 Å². The standard InChI is InChI=1S/C14H20ClNO2/c1-9-11(7-10-5-3-4-6-16-10)14(17)13(18-2)8-12(9)15/h8,10,16-17H,3-7H2,1-2H3. The minimum atomic E-state index is 0.228. The zero-order chi connectivity index (χ0) is 13.1. The fraction of sp³-hybridized carbons (Fsp3) is 0.571. The molecule has 1 saturated heterocycles. The Labute approximate surface area is 113 Å². The first-order chi connectivity index (χ1) is 8.63. The van der Waals surface area contributed by atoms with Crippen LogP contribution in [-0.2, 0) is 6.42 Å². The van der Waals surface area contributed by atoms with Crippen LogP contribution in [0, 0.1) is 6.92 Å². The van der Waals surface area contributed by atoms with E-state index in [0.717, 1.165) is 30.5 Å². The van der Waals surface area contributed by atoms with E-state index < -0.39 is 0 Å². The van der Waals surface area contributed by atoms with E-state index in [9.17, 15) is 5.11 Å². The number of aromatic hydroxyl groups is 1. The first kappa shape index (κ1) is 13.5. The maximum atomic E-state index is 10.2. The van der Waals surface area contributed by atoms with Crippen LogP contribution in [0.4, 0.5) is 0 Å². The zero-order valence-corrected chi connectivity index (χ0v) is 11.7. The molecule has 0 radical (unpaired) electrons. The molecule has 2 rings (SSSR count). The summed E-state index contributed by atoms with van der Waals surface area (Å²) in [5, 5.41) is 14.3. The predicted molar refractivity (Wildman–Crippen MR) is 73.8 cm³/mol. The SMILES string of the molecule is COc1cc(Cl)c(C)c(CC2CCCCN2)c1O. The maximum Gasteiger partial charge on any atom is 0.162 e. The van der Waals surface area contributed by atoms with Gasteiger partial charge in [0.2, 0.25) is 0 Å². The van der Waals surface area contributed by atoms with E-state index >= 15 is 0 Å². The number of methoxy groups -OCH3 is 1. The summed E-state index contributed by atoms with van der Waals surface area (Å²) in [5.74, 6) is 0.684. The monoisotopic (exact) mass is 269 g/mol.